The summed E-state index contributed by atoms with van der Waals surface area (Å²) in [6.07, 6.45) is 4.52. The molecular formula is C17H33N3O2. The molecule has 0 saturated carbocycles. The van der Waals surface area contributed by atoms with Gasteiger partial charge in [-0.05, 0) is 77.9 Å². The summed E-state index contributed by atoms with van der Waals surface area (Å²) in [5.41, 5.74) is 5.35. The quantitative estimate of drug-likeness (QED) is 0.869. The number of hydrogen-bond acceptors (Lipinski definition) is 4. The molecule has 0 spiro atoms. The lowest BCUT2D eigenvalue weighted by Crippen LogP contribution is -2.45. The van der Waals surface area contributed by atoms with E-state index in [0.29, 0.717) is 5.92 Å². The molecule has 0 aromatic carbocycles. The van der Waals surface area contributed by atoms with Crippen LogP contribution >= 0.6 is 0 Å². The van der Waals surface area contributed by atoms with Gasteiger partial charge in [0.2, 0.25) is 0 Å². The number of amides is 1. The van der Waals surface area contributed by atoms with Crippen LogP contribution in [-0.4, -0.2) is 60.8 Å². The van der Waals surface area contributed by atoms with Crippen molar-refractivity contribution in [2.75, 3.05) is 39.3 Å². The van der Waals surface area contributed by atoms with Gasteiger partial charge < -0.3 is 20.3 Å². The van der Waals surface area contributed by atoms with E-state index < -0.39 is 5.60 Å². The Kier molecular flexibility index (Phi) is 6.09. The van der Waals surface area contributed by atoms with Gasteiger partial charge >= 0.3 is 6.09 Å². The average Bonchev–Trinajstić information content (AvgIpc) is 2.47. The molecule has 2 rings (SSSR count). The van der Waals surface area contributed by atoms with E-state index in [-0.39, 0.29) is 6.09 Å². The Labute approximate surface area is 135 Å². The van der Waals surface area contributed by atoms with Gasteiger partial charge in [0.1, 0.15) is 5.60 Å². The minimum atomic E-state index is -0.402. The summed E-state index contributed by atoms with van der Waals surface area (Å²) < 4.78 is 5.45. The first-order valence-electron chi connectivity index (χ1n) is 8.77. The van der Waals surface area contributed by atoms with Crippen molar-refractivity contribution < 1.29 is 9.53 Å². The van der Waals surface area contributed by atoms with Crippen molar-refractivity contribution in [2.45, 2.75) is 52.1 Å². The molecule has 0 aromatic rings. The second-order valence-electron chi connectivity index (χ2n) is 7.89. The van der Waals surface area contributed by atoms with Crippen LogP contribution in [0.4, 0.5) is 4.79 Å². The summed E-state index contributed by atoms with van der Waals surface area (Å²) in [5.74, 6) is 1.44. The summed E-state index contributed by atoms with van der Waals surface area (Å²) in [6.45, 7) is 11.8. The normalized spacial score (nSPS) is 22.8. The maximum Gasteiger partial charge on any atom is 0.410 e. The number of nitrogens with two attached hydrogens (primary N) is 1. The number of likely N-dealkylation sites (tertiary alicyclic amines) is 2. The fraction of sp³-hybridized carbons (Fsp3) is 0.941. The van der Waals surface area contributed by atoms with E-state index in [9.17, 15) is 4.79 Å². The highest BCUT2D eigenvalue weighted by molar-refractivity contribution is 5.68. The smallest absolute Gasteiger partial charge is 0.410 e. The molecule has 5 nitrogen and oxygen atoms in total. The van der Waals surface area contributed by atoms with Crippen LogP contribution in [0.1, 0.15) is 46.5 Å². The predicted octanol–water partition coefficient (Wildman–Crippen LogP) is 2.30. The molecule has 2 N–H and O–H groups in total. The molecule has 0 unspecified atom stereocenters. The molecule has 0 aromatic heterocycles. The van der Waals surface area contributed by atoms with Crippen LogP contribution in [-0.2, 0) is 4.74 Å². The largest absolute Gasteiger partial charge is 0.444 e. The molecule has 0 aliphatic carbocycles. The molecule has 1 amide bonds. The highest BCUT2D eigenvalue weighted by Crippen LogP contribution is 2.23. The summed E-state index contributed by atoms with van der Waals surface area (Å²) in [7, 11) is 0. The molecule has 5 heteroatoms. The Morgan fingerprint density at radius 2 is 1.59 bits per heavy atom. The van der Waals surface area contributed by atoms with E-state index >= 15 is 0 Å². The number of piperidine rings is 2. The Balaban J connectivity index is 1.68. The first-order chi connectivity index (χ1) is 10.4. The van der Waals surface area contributed by atoms with Crippen LogP contribution in [0.5, 0.6) is 0 Å². The van der Waals surface area contributed by atoms with Gasteiger partial charge in [-0.15, -0.1) is 0 Å². The van der Waals surface area contributed by atoms with Crippen molar-refractivity contribution in [2.24, 2.45) is 17.6 Å². The SMILES string of the molecule is CC(C)(C)OC(=O)N1CCC(CN2CCC(CN)CC2)CC1. The highest BCUT2D eigenvalue weighted by Gasteiger charge is 2.28. The average molecular weight is 311 g/mol. The topological polar surface area (TPSA) is 58.8 Å². The van der Waals surface area contributed by atoms with E-state index in [1.807, 2.05) is 25.7 Å². The second kappa shape index (κ2) is 7.64. The summed E-state index contributed by atoms with van der Waals surface area (Å²) in [6, 6.07) is 0. The van der Waals surface area contributed by atoms with Gasteiger partial charge in [0, 0.05) is 19.6 Å². The van der Waals surface area contributed by atoms with Gasteiger partial charge in [-0.25, -0.2) is 4.79 Å². The van der Waals surface area contributed by atoms with Crippen LogP contribution in [0.15, 0.2) is 0 Å². The molecule has 2 aliphatic heterocycles. The summed E-state index contributed by atoms with van der Waals surface area (Å²) in [5, 5.41) is 0. The Bertz CT molecular complexity index is 351. The maximum atomic E-state index is 12.1. The third-order valence-corrected chi connectivity index (χ3v) is 4.82. The minimum Gasteiger partial charge on any atom is -0.444 e. The van der Waals surface area contributed by atoms with E-state index in [1.165, 1.54) is 32.5 Å². The summed E-state index contributed by atoms with van der Waals surface area (Å²) in [4.78, 5) is 16.5. The fourth-order valence-corrected chi connectivity index (χ4v) is 3.39. The Morgan fingerprint density at radius 1 is 1.05 bits per heavy atom. The van der Waals surface area contributed by atoms with E-state index in [4.69, 9.17) is 10.5 Å². The maximum absolute atomic E-state index is 12.1. The Morgan fingerprint density at radius 3 is 2.09 bits per heavy atom. The monoisotopic (exact) mass is 311 g/mol. The second-order valence-corrected chi connectivity index (χ2v) is 7.89. The molecule has 0 atom stereocenters. The predicted molar refractivity (Wildman–Crippen MR) is 88.7 cm³/mol. The number of nitrogens with zero attached hydrogens (tertiary/aromatic N) is 2. The lowest BCUT2D eigenvalue weighted by molar-refractivity contribution is 0.0164. The molecule has 128 valence electrons. The van der Waals surface area contributed by atoms with Gasteiger partial charge in [-0.1, -0.05) is 0 Å². The Hall–Kier alpha value is -0.810. The number of carbonyl (C=O) groups is 1. The van der Waals surface area contributed by atoms with Gasteiger partial charge in [-0.2, -0.15) is 0 Å². The van der Waals surface area contributed by atoms with Gasteiger partial charge in [0.15, 0.2) is 0 Å². The van der Waals surface area contributed by atoms with Crippen LogP contribution < -0.4 is 5.73 Å². The van der Waals surface area contributed by atoms with Crippen molar-refractivity contribution in [1.82, 2.24) is 9.80 Å². The molecule has 0 bridgehead atoms. The zero-order chi connectivity index (χ0) is 16.2. The van der Waals surface area contributed by atoms with Crippen molar-refractivity contribution >= 4 is 6.09 Å². The van der Waals surface area contributed by atoms with Crippen molar-refractivity contribution in [3.8, 4) is 0 Å². The molecule has 2 saturated heterocycles. The fourth-order valence-electron chi connectivity index (χ4n) is 3.39. The highest BCUT2D eigenvalue weighted by atomic mass is 16.6. The van der Waals surface area contributed by atoms with Gasteiger partial charge in [-0.3, -0.25) is 0 Å². The number of hydrogen-bond donors (Lipinski definition) is 1. The van der Waals surface area contributed by atoms with Crippen LogP contribution in [0.2, 0.25) is 0 Å². The molecule has 22 heavy (non-hydrogen) atoms. The van der Waals surface area contributed by atoms with Crippen molar-refractivity contribution in [3.05, 3.63) is 0 Å². The van der Waals surface area contributed by atoms with Crippen molar-refractivity contribution in [1.29, 1.82) is 0 Å². The van der Waals surface area contributed by atoms with Crippen molar-refractivity contribution in [3.63, 3.8) is 0 Å². The summed E-state index contributed by atoms with van der Waals surface area (Å²) >= 11 is 0. The minimum absolute atomic E-state index is 0.158. The zero-order valence-electron chi connectivity index (χ0n) is 14.5. The van der Waals surface area contributed by atoms with E-state index in [0.717, 1.165) is 38.4 Å². The van der Waals surface area contributed by atoms with Crippen LogP contribution in [0, 0.1) is 11.8 Å². The first-order valence-corrected chi connectivity index (χ1v) is 8.77. The number of carbonyl (C=O) groups excluding carboxylic acids is 1. The molecular weight excluding hydrogens is 278 g/mol. The molecule has 2 aliphatic rings. The standard InChI is InChI=1S/C17H33N3O2/c1-17(2,3)22-16(21)20-10-6-15(7-11-20)13-19-8-4-14(12-18)5-9-19/h14-15H,4-13,18H2,1-3H3. The molecule has 2 fully saturated rings. The first kappa shape index (κ1) is 17.5. The van der Waals surface area contributed by atoms with Crippen LogP contribution in [0.25, 0.3) is 0 Å². The van der Waals surface area contributed by atoms with Crippen LogP contribution in [0.3, 0.4) is 0 Å². The van der Waals surface area contributed by atoms with E-state index in [1.54, 1.807) is 0 Å². The lowest BCUT2D eigenvalue weighted by atomic mass is 9.93. The molecule has 0 radical (unpaired) electrons. The van der Waals surface area contributed by atoms with Gasteiger partial charge in [0.05, 0.1) is 0 Å². The van der Waals surface area contributed by atoms with E-state index in [2.05, 4.69) is 4.90 Å². The third kappa shape index (κ3) is 5.43. The molecule has 2 heterocycles. The van der Waals surface area contributed by atoms with Gasteiger partial charge in [0.25, 0.3) is 0 Å². The third-order valence-electron chi connectivity index (χ3n) is 4.82. The number of ether oxygens (including phenoxy) is 1. The number of rotatable bonds is 3. The zero-order valence-corrected chi connectivity index (χ0v) is 14.5. The lowest BCUT2D eigenvalue weighted by Gasteiger charge is -2.37.